The van der Waals surface area contributed by atoms with Crippen LogP contribution in [0.3, 0.4) is 0 Å². The molecule has 5 saturated carbocycles. The number of carbonyl (C=O) groups excluding carboxylic acids is 1. The van der Waals surface area contributed by atoms with Crippen molar-refractivity contribution in [1.29, 1.82) is 0 Å². The first kappa shape index (κ1) is 19.3. The van der Waals surface area contributed by atoms with Crippen LogP contribution in [0.4, 0.5) is 0 Å². The van der Waals surface area contributed by atoms with Gasteiger partial charge in [0, 0.05) is 0 Å². The van der Waals surface area contributed by atoms with E-state index in [9.17, 15) is 4.79 Å². The standard InChI is InChI=1S/C26H41NO/c1-17-10-11-23-25(22-15-20(14-21(17)22)19-8-4-5-9-19)26(23,24(27)16-28)13-12-18-6-2-3-7-18/h16,18-25H,1-15,27H2. The minimum absolute atomic E-state index is 0.137. The first-order chi connectivity index (χ1) is 13.6. The van der Waals surface area contributed by atoms with Gasteiger partial charge in [0.05, 0.1) is 6.04 Å². The van der Waals surface area contributed by atoms with E-state index in [4.69, 9.17) is 5.73 Å². The first-order valence-electron chi connectivity index (χ1n) is 12.5. The maximum Gasteiger partial charge on any atom is 0.137 e. The molecule has 7 atom stereocenters. The van der Waals surface area contributed by atoms with Gasteiger partial charge in [0.2, 0.25) is 0 Å². The molecule has 0 aromatic rings. The average Bonchev–Trinajstić information content (AvgIpc) is 3.25. The molecular formula is C26H41NO. The molecule has 0 radical (unpaired) electrons. The summed E-state index contributed by atoms with van der Waals surface area (Å²) in [6.07, 6.45) is 20.4. The van der Waals surface area contributed by atoms with Crippen molar-refractivity contribution in [2.45, 2.75) is 95.9 Å². The SMILES string of the molecule is C=C1CCC2C(C3CC(C4CCCC4)CC13)C2(CCC1CCCC1)C(N)C=O. The number of hydrogen-bond donors (Lipinski definition) is 1. The van der Waals surface area contributed by atoms with Gasteiger partial charge in [-0.1, -0.05) is 63.5 Å². The molecule has 5 aliphatic rings. The van der Waals surface area contributed by atoms with Crippen LogP contribution in [-0.4, -0.2) is 12.3 Å². The topological polar surface area (TPSA) is 43.1 Å². The van der Waals surface area contributed by atoms with Crippen LogP contribution in [0.15, 0.2) is 12.2 Å². The van der Waals surface area contributed by atoms with E-state index in [1.165, 1.54) is 89.9 Å². The number of nitrogens with two attached hydrogens (primary N) is 1. The van der Waals surface area contributed by atoms with E-state index in [-0.39, 0.29) is 11.5 Å². The molecule has 0 amide bonds. The van der Waals surface area contributed by atoms with Crippen LogP contribution in [0.5, 0.6) is 0 Å². The van der Waals surface area contributed by atoms with Crippen molar-refractivity contribution in [3.8, 4) is 0 Å². The van der Waals surface area contributed by atoms with Crippen LogP contribution >= 0.6 is 0 Å². The molecule has 5 rings (SSSR count). The number of allylic oxidation sites excluding steroid dienone is 1. The second kappa shape index (κ2) is 7.56. The zero-order valence-corrected chi connectivity index (χ0v) is 17.8. The molecule has 0 aromatic heterocycles. The Balaban J connectivity index is 1.36. The molecule has 5 aliphatic carbocycles. The van der Waals surface area contributed by atoms with E-state index < -0.39 is 0 Å². The molecule has 0 saturated heterocycles. The minimum atomic E-state index is -0.235. The lowest BCUT2D eigenvalue weighted by Crippen LogP contribution is -2.37. The molecule has 0 aromatic carbocycles. The predicted molar refractivity (Wildman–Crippen MR) is 115 cm³/mol. The van der Waals surface area contributed by atoms with Gasteiger partial charge in [0.15, 0.2) is 0 Å². The second-order valence-electron chi connectivity index (χ2n) is 11.3. The quantitative estimate of drug-likeness (QED) is 0.458. The third-order valence-corrected chi connectivity index (χ3v) is 10.3. The molecule has 2 nitrogen and oxygen atoms in total. The second-order valence-corrected chi connectivity index (χ2v) is 11.3. The summed E-state index contributed by atoms with van der Waals surface area (Å²) in [4.78, 5) is 11.9. The summed E-state index contributed by atoms with van der Waals surface area (Å²) in [6.45, 7) is 4.55. The first-order valence-corrected chi connectivity index (χ1v) is 12.5. The average molecular weight is 384 g/mol. The Hall–Kier alpha value is -0.630. The lowest BCUT2D eigenvalue weighted by molar-refractivity contribution is -0.110. The van der Waals surface area contributed by atoms with Crippen molar-refractivity contribution >= 4 is 6.29 Å². The fourth-order valence-corrected chi connectivity index (χ4v) is 8.90. The van der Waals surface area contributed by atoms with E-state index in [1.807, 2.05) is 0 Å². The summed E-state index contributed by atoms with van der Waals surface area (Å²) in [5, 5.41) is 0. The lowest BCUT2D eigenvalue weighted by Gasteiger charge is -2.29. The van der Waals surface area contributed by atoms with Crippen LogP contribution in [-0.2, 0) is 4.79 Å². The summed E-state index contributed by atoms with van der Waals surface area (Å²) in [6, 6.07) is -0.235. The molecule has 2 N–H and O–H groups in total. The molecule has 7 unspecified atom stereocenters. The van der Waals surface area contributed by atoms with E-state index in [2.05, 4.69) is 6.58 Å². The van der Waals surface area contributed by atoms with Crippen LogP contribution in [0.2, 0.25) is 0 Å². The molecule has 0 spiro atoms. The largest absolute Gasteiger partial charge is 0.321 e. The molecule has 156 valence electrons. The van der Waals surface area contributed by atoms with Crippen molar-refractivity contribution in [1.82, 2.24) is 0 Å². The molecule has 28 heavy (non-hydrogen) atoms. The monoisotopic (exact) mass is 383 g/mol. The molecular weight excluding hydrogens is 342 g/mol. The summed E-state index contributed by atoms with van der Waals surface area (Å²) < 4.78 is 0. The van der Waals surface area contributed by atoms with Crippen LogP contribution in [0.1, 0.15) is 89.9 Å². The summed E-state index contributed by atoms with van der Waals surface area (Å²) in [5.74, 6) is 5.72. The van der Waals surface area contributed by atoms with Gasteiger partial charge < -0.3 is 10.5 Å². The van der Waals surface area contributed by atoms with Crippen molar-refractivity contribution in [2.75, 3.05) is 0 Å². The fourth-order valence-electron chi connectivity index (χ4n) is 8.90. The highest BCUT2D eigenvalue weighted by Crippen LogP contribution is 2.73. The molecule has 0 heterocycles. The van der Waals surface area contributed by atoms with Crippen LogP contribution < -0.4 is 5.73 Å². The third-order valence-electron chi connectivity index (χ3n) is 10.3. The smallest absolute Gasteiger partial charge is 0.137 e. The van der Waals surface area contributed by atoms with Crippen LogP contribution in [0.25, 0.3) is 0 Å². The molecule has 0 bridgehead atoms. The molecule has 0 aliphatic heterocycles. The van der Waals surface area contributed by atoms with Gasteiger partial charge in [-0.2, -0.15) is 0 Å². The number of fused-ring (bicyclic) bond motifs is 3. The highest BCUT2D eigenvalue weighted by molar-refractivity contribution is 5.61. The predicted octanol–water partition coefficient (Wildman–Crippen LogP) is 5.90. The Bertz CT molecular complexity index is 602. The van der Waals surface area contributed by atoms with Crippen LogP contribution in [0, 0.1) is 46.8 Å². The van der Waals surface area contributed by atoms with Gasteiger partial charge in [-0.25, -0.2) is 0 Å². The van der Waals surface area contributed by atoms with E-state index in [0.29, 0.717) is 11.8 Å². The van der Waals surface area contributed by atoms with Crippen molar-refractivity contribution in [2.24, 2.45) is 52.6 Å². The Labute approximate surface area is 172 Å². The number of carbonyl (C=O) groups is 1. The van der Waals surface area contributed by atoms with Crippen molar-refractivity contribution in [3.05, 3.63) is 12.2 Å². The Kier molecular flexibility index (Phi) is 5.22. The zero-order chi connectivity index (χ0) is 19.3. The van der Waals surface area contributed by atoms with Gasteiger partial charge >= 0.3 is 0 Å². The van der Waals surface area contributed by atoms with Crippen molar-refractivity contribution < 1.29 is 4.79 Å². The van der Waals surface area contributed by atoms with E-state index in [0.717, 1.165) is 35.9 Å². The maximum absolute atomic E-state index is 11.9. The normalized spacial score (nSPS) is 44.9. The van der Waals surface area contributed by atoms with Gasteiger partial charge in [0.25, 0.3) is 0 Å². The van der Waals surface area contributed by atoms with Gasteiger partial charge in [0.1, 0.15) is 6.29 Å². The zero-order valence-electron chi connectivity index (χ0n) is 17.8. The molecule has 2 heteroatoms. The van der Waals surface area contributed by atoms with E-state index in [1.54, 1.807) is 5.57 Å². The summed E-state index contributed by atoms with van der Waals surface area (Å²) in [5.41, 5.74) is 8.27. The maximum atomic E-state index is 11.9. The highest BCUT2D eigenvalue weighted by Gasteiger charge is 2.70. The Morgan fingerprint density at radius 3 is 2.46 bits per heavy atom. The lowest BCUT2D eigenvalue weighted by atomic mass is 9.77. The van der Waals surface area contributed by atoms with E-state index >= 15 is 0 Å². The summed E-state index contributed by atoms with van der Waals surface area (Å²) in [7, 11) is 0. The highest BCUT2D eigenvalue weighted by atomic mass is 16.1. The number of aldehydes is 1. The van der Waals surface area contributed by atoms with Gasteiger partial charge in [-0.05, 0) is 85.4 Å². The summed E-state index contributed by atoms with van der Waals surface area (Å²) >= 11 is 0. The Morgan fingerprint density at radius 1 is 1.04 bits per heavy atom. The van der Waals surface area contributed by atoms with Gasteiger partial charge in [-0.3, -0.25) is 0 Å². The van der Waals surface area contributed by atoms with Crippen molar-refractivity contribution in [3.63, 3.8) is 0 Å². The number of hydrogen-bond acceptors (Lipinski definition) is 2. The minimum Gasteiger partial charge on any atom is -0.321 e. The third kappa shape index (κ3) is 3.04. The van der Waals surface area contributed by atoms with Gasteiger partial charge in [-0.15, -0.1) is 0 Å². The number of rotatable bonds is 6. The molecule has 5 fully saturated rings. The fraction of sp³-hybridized carbons (Fsp3) is 0.885. The Morgan fingerprint density at radius 2 is 1.75 bits per heavy atom.